The molecule has 0 amide bonds. The number of aryl methyl sites for hydroxylation is 1. The van der Waals surface area contributed by atoms with Gasteiger partial charge in [-0.3, -0.25) is 0 Å². The highest BCUT2D eigenvalue weighted by atomic mass is 19.3. The molecule has 0 aliphatic heterocycles. The number of alkyl halides is 2. The Balaban J connectivity index is 2.94. The molecule has 0 bridgehead atoms. The van der Waals surface area contributed by atoms with Crippen LogP contribution in [0.5, 0.6) is 0 Å². The average Bonchev–Trinajstić information content (AvgIpc) is 2.13. The van der Waals surface area contributed by atoms with Gasteiger partial charge in [0.1, 0.15) is 0 Å². The third kappa shape index (κ3) is 1.09. The van der Waals surface area contributed by atoms with E-state index < -0.39 is 6.43 Å². The summed E-state index contributed by atoms with van der Waals surface area (Å²) in [6.45, 7) is 0. The second kappa shape index (κ2) is 2.17. The van der Waals surface area contributed by atoms with Crippen molar-refractivity contribution in [3.05, 3.63) is 24.0 Å². The van der Waals surface area contributed by atoms with E-state index in [9.17, 15) is 8.78 Å². The lowest BCUT2D eigenvalue weighted by Gasteiger charge is -1.98. The number of halogens is 2. The van der Waals surface area contributed by atoms with Gasteiger partial charge in [0.15, 0.2) is 0 Å². The van der Waals surface area contributed by atoms with Gasteiger partial charge < -0.3 is 4.57 Å². The third-order valence-corrected chi connectivity index (χ3v) is 1.21. The molecule has 0 aliphatic carbocycles. The van der Waals surface area contributed by atoms with Gasteiger partial charge >= 0.3 is 0 Å². The summed E-state index contributed by atoms with van der Waals surface area (Å²) in [4.78, 5) is 0. The Hall–Kier alpha value is -0.860. The Morgan fingerprint density at radius 1 is 1.56 bits per heavy atom. The summed E-state index contributed by atoms with van der Waals surface area (Å²) in [5.41, 5.74) is 0.0648. The molecule has 50 valence electrons. The second-order valence-electron chi connectivity index (χ2n) is 1.84. The van der Waals surface area contributed by atoms with Crippen molar-refractivity contribution in [3.63, 3.8) is 0 Å². The normalized spacial score (nSPS) is 10.7. The fourth-order valence-electron chi connectivity index (χ4n) is 0.701. The van der Waals surface area contributed by atoms with Gasteiger partial charge in [0, 0.05) is 13.2 Å². The smallest absolute Gasteiger partial charge is 0.278 e. The van der Waals surface area contributed by atoms with Gasteiger partial charge in [0.25, 0.3) is 6.43 Å². The highest BCUT2D eigenvalue weighted by molar-refractivity contribution is 5.07. The molecule has 1 aromatic heterocycles. The van der Waals surface area contributed by atoms with E-state index in [1.165, 1.54) is 10.6 Å². The van der Waals surface area contributed by atoms with Gasteiger partial charge in [-0.05, 0) is 12.1 Å². The molecule has 0 atom stereocenters. The number of rotatable bonds is 1. The maximum absolute atomic E-state index is 11.8. The first-order valence-corrected chi connectivity index (χ1v) is 2.61. The monoisotopic (exact) mass is 131 g/mol. The van der Waals surface area contributed by atoms with Crippen molar-refractivity contribution in [3.8, 4) is 0 Å². The second-order valence-corrected chi connectivity index (χ2v) is 1.84. The van der Waals surface area contributed by atoms with E-state index in [1.54, 1.807) is 19.3 Å². The van der Waals surface area contributed by atoms with Crippen molar-refractivity contribution < 1.29 is 8.78 Å². The summed E-state index contributed by atoms with van der Waals surface area (Å²) in [6, 6.07) is 3.01. The molecule has 1 nitrogen and oxygen atoms in total. The van der Waals surface area contributed by atoms with Crippen molar-refractivity contribution in [1.29, 1.82) is 0 Å². The summed E-state index contributed by atoms with van der Waals surface area (Å²) < 4.78 is 25.1. The van der Waals surface area contributed by atoms with E-state index in [0.29, 0.717) is 0 Å². The van der Waals surface area contributed by atoms with Gasteiger partial charge in [-0.2, -0.15) is 0 Å². The maximum atomic E-state index is 11.8. The van der Waals surface area contributed by atoms with Gasteiger partial charge in [-0.25, -0.2) is 8.78 Å². The van der Waals surface area contributed by atoms with E-state index in [1.807, 2.05) is 0 Å². The summed E-state index contributed by atoms with van der Waals surface area (Å²) in [7, 11) is 1.60. The lowest BCUT2D eigenvalue weighted by molar-refractivity contribution is 0.142. The number of nitrogens with zero attached hydrogens (tertiary/aromatic N) is 1. The van der Waals surface area contributed by atoms with E-state index in [0.717, 1.165) is 0 Å². The SMILES string of the molecule is Cn1cccc1C(F)F. The molecular weight excluding hydrogens is 124 g/mol. The van der Waals surface area contributed by atoms with Crippen molar-refractivity contribution in [2.24, 2.45) is 7.05 Å². The van der Waals surface area contributed by atoms with E-state index in [2.05, 4.69) is 0 Å². The Kier molecular flexibility index (Phi) is 1.51. The molecule has 0 aliphatic rings. The molecule has 0 spiro atoms. The van der Waals surface area contributed by atoms with Crippen molar-refractivity contribution >= 4 is 0 Å². The fourth-order valence-corrected chi connectivity index (χ4v) is 0.701. The van der Waals surface area contributed by atoms with Crippen LogP contribution in [-0.4, -0.2) is 4.57 Å². The minimum atomic E-state index is -2.36. The molecule has 9 heavy (non-hydrogen) atoms. The van der Waals surface area contributed by atoms with E-state index >= 15 is 0 Å². The third-order valence-electron chi connectivity index (χ3n) is 1.21. The fraction of sp³-hybridized carbons (Fsp3) is 0.333. The Labute approximate surface area is 51.9 Å². The van der Waals surface area contributed by atoms with Crippen LogP contribution in [0.2, 0.25) is 0 Å². The lowest BCUT2D eigenvalue weighted by atomic mass is 10.4. The molecule has 1 heterocycles. The highest BCUT2D eigenvalue weighted by Gasteiger charge is 2.08. The van der Waals surface area contributed by atoms with Gasteiger partial charge in [-0.15, -0.1) is 0 Å². The number of aromatic nitrogens is 1. The van der Waals surface area contributed by atoms with Crippen LogP contribution in [0.3, 0.4) is 0 Å². The first kappa shape index (κ1) is 6.26. The zero-order valence-electron chi connectivity index (χ0n) is 5.01. The van der Waals surface area contributed by atoms with Crippen LogP contribution < -0.4 is 0 Å². The highest BCUT2D eigenvalue weighted by Crippen LogP contribution is 2.17. The van der Waals surface area contributed by atoms with Gasteiger partial charge in [0.2, 0.25) is 0 Å². The van der Waals surface area contributed by atoms with E-state index in [-0.39, 0.29) is 5.69 Å². The first-order chi connectivity index (χ1) is 4.22. The van der Waals surface area contributed by atoms with Crippen LogP contribution >= 0.6 is 0 Å². The minimum absolute atomic E-state index is 0.0648. The zero-order chi connectivity index (χ0) is 6.85. The van der Waals surface area contributed by atoms with E-state index in [4.69, 9.17) is 0 Å². The quantitative estimate of drug-likeness (QED) is 0.549. The molecule has 0 fully saturated rings. The Morgan fingerprint density at radius 3 is 2.44 bits per heavy atom. The summed E-state index contributed by atoms with van der Waals surface area (Å²) >= 11 is 0. The Bertz CT molecular complexity index is 193. The van der Waals surface area contributed by atoms with Gasteiger partial charge in [-0.1, -0.05) is 0 Å². The molecule has 1 rings (SSSR count). The van der Waals surface area contributed by atoms with Crippen LogP contribution in [0.25, 0.3) is 0 Å². The van der Waals surface area contributed by atoms with Crippen LogP contribution in [0.1, 0.15) is 12.1 Å². The standard InChI is InChI=1S/C6H7F2N/c1-9-4-2-3-5(9)6(7)8/h2-4,6H,1H3. The number of hydrogen-bond donors (Lipinski definition) is 0. The minimum Gasteiger partial charge on any atom is -0.350 e. The maximum Gasteiger partial charge on any atom is 0.278 e. The summed E-state index contributed by atoms with van der Waals surface area (Å²) in [5.74, 6) is 0. The predicted octanol–water partition coefficient (Wildman–Crippen LogP) is 1.96. The van der Waals surface area contributed by atoms with Gasteiger partial charge in [0.05, 0.1) is 5.69 Å². The summed E-state index contributed by atoms with van der Waals surface area (Å²) in [5, 5.41) is 0. The first-order valence-electron chi connectivity index (χ1n) is 2.61. The Morgan fingerprint density at radius 2 is 2.22 bits per heavy atom. The largest absolute Gasteiger partial charge is 0.350 e. The molecular formula is C6H7F2N. The zero-order valence-corrected chi connectivity index (χ0v) is 5.01. The van der Waals surface area contributed by atoms with Crippen molar-refractivity contribution in [2.45, 2.75) is 6.43 Å². The summed E-state index contributed by atoms with van der Waals surface area (Å²) in [6.07, 6.45) is -0.758. The molecule has 0 radical (unpaired) electrons. The molecule has 0 saturated carbocycles. The lowest BCUT2D eigenvalue weighted by Crippen LogP contribution is -1.93. The van der Waals surface area contributed by atoms with Crippen LogP contribution in [0.15, 0.2) is 18.3 Å². The molecule has 0 N–H and O–H groups in total. The predicted molar refractivity (Wildman–Crippen MR) is 30.4 cm³/mol. The molecule has 0 unspecified atom stereocenters. The topological polar surface area (TPSA) is 4.93 Å². The molecule has 3 heteroatoms. The number of hydrogen-bond acceptors (Lipinski definition) is 0. The van der Waals surface area contributed by atoms with Crippen LogP contribution in [0, 0.1) is 0 Å². The molecule has 1 aromatic rings. The van der Waals surface area contributed by atoms with Crippen molar-refractivity contribution in [1.82, 2.24) is 4.57 Å². The molecule has 0 saturated heterocycles. The average molecular weight is 131 g/mol. The van der Waals surface area contributed by atoms with Crippen LogP contribution in [-0.2, 0) is 7.05 Å². The molecule has 0 aromatic carbocycles. The van der Waals surface area contributed by atoms with Crippen molar-refractivity contribution in [2.75, 3.05) is 0 Å². The van der Waals surface area contributed by atoms with Crippen LogP contribution in [0.4, 0.5) is 8.78 Å².